The summed E-state index contributed by atoms with van der Waals surface area (Å²) in [5, 5.41) is 8.68. The predicted molar refractivity (Wildman–Crippen MR) is 307 cm³/mol. The van der Waals surface area contributed by atoms with Gasteiger partial charge in [-0.05, 0) is 25.0 Å². The molecule has 0 fully saturated rings. The highest BCUT2D eigenvalue weighted by atomic mass is 16.5. The highest BCUT2D eigenvalue weighted by Gasteiger charge is 2.05. The van der Waals surface area contributed by atoms with Crippen molar-refractivity contribution in [3.8, 4) is 5.75 Å². The number of carbonyl (C=O) groups is 2. The van der Waals surface area contributed by atoms with Crippen molar-refractivity contribution in [1.82, 2.24) is 0 Å². The lowest BCUT2D eigenvalue weighted by Gasteiger charge is -2.05. The number of rotatable bonds is 60. The van der Waals surface area contributed by atoms with Crippen LogP contribution in [0.15, 0.2) is 30.3 Å². The summed E-state index contributed by atoms with van der Waals surface area (Å²) in [5.74, 6) is -0.0926. The summed E-state index contributed by atoms with van der Waals surface area (Å²) in [6.07, 6.45) is 79.7. The SMILES string of the molecule is O=C(O)CCCCCCCCCCCCCCCCCCCCCCCCCCCCCCCCCCCCCCCCCCCCCCCCCCCCCCCCCCC(=O)Oc1ccccc1. The van der Waals surface area contributed by atoms with Crippen LogP contribution in [0.4, 0.5) is 0 Å². The van der Waals surface area contributed by atoms with Crippen molar-refractivity contribution in [1.29, 1.82) is 0 Å². The summed E-state index contributed by atoms with van der Waals surface area (Å²) in [6, 6.07) is 9.41. The quantitative estimate of drug-likeness (QED) is 0.0401. The molecule has 0 atom stereocenters. The molecule has 0 aromatic heterocycles. The molecule has 0 saturated heterocycles. The van der Waals surface area contributed by atoms with Gasteiger partial charge in [0, 0.05) is 12.8 Å². The topological polar surface area (TPSA) is 63.6 Å². The Hall–Kier alpha value is -1.84. The van der Waals surface area contributed by atoms with Crippen LogP contribution in [-0.4, -0.2) is 17.0 Å². The molecule has 0 unspecified atom stereocenters. The van der Waals surface area contributed by atoms with Gasteiger partial charge in [0.1, 0.15) is 5.75 Å². The second-order valence-electron chi connectivity index (χ2n) is 22.5. The molecule has 0 spiro atoms. The van der Waals surface area contributed by atoms with Crippen molar-refractivity contribution < 1.29 is 19.4 Å². The fourth-order valence-electron chi connectivity index (χ4n) is 10.8. The van der Waals surface area contributed by atoms with Gasteiger partial charge in [0.25, 0.3) is 0 Å². The first-order valence-corrected chi connectivity index (χ1v) is 32.2. The fraction of sp³-hybridized carbons (Fsp3) is 0.879. The van der Waals surface area contributed by atoms with E-state index in [1.807, 2.05) is 30.3 Å². The number of carboxylic acid groups (broad SMARTS) is 1. The molecule has 0 radical (unpaired) electrons. The fourth-order valence-corrected chi connectivity index (χ4v) is 10.8. The van der Waals surface area contributed by atoms with Gasteiger partial charge in [-0.15, -0.1) is 0 Å². The van der Waals surface area contributed by atoms with Crippen molar-refractivity contribution in [2.75, 3.05) is 0 Å². The minimum absolute atomic E-state index is 0.101. The van der Waals surface area contributed by atoms with Crippen LogP contribution in [0, 0.1) is 0 Å². The summed E-state index contributed by atoms with van der Waals surface area (Å²) in [4.78, 5) is 22.5. The van der Waals surface area contributed by atoms with Crippen molar-refractivity contribution >= 4 is 11.9 Å². The number of hydrogen-bond acceptors (Lipinski definition) is 3. The molecule has 70 heavy (non-hydrogen) atoms. The van der Waals surface area contributed by atoms with Crippen molar-refractivity contribution in [3.05, 3.63) is 30.3 Å². The Morgan fingerprint density at radius 1 is 0.243 bits per heavy atom. The van der Waals surface area contributed by atoms with Crippen molar-refractivity contribution in [2.45, 2.75) is 372 Å². The molecule has 1 rings (SSSR count). The van der Waals surface area contributed by atoms with E-state index in [2.05, 4.69) is 0 Å². The molecule has 0 bridgehead atoms. The molecular formula is C66H122O4. The highest BCUT2D eigenvalue weighted by molar-refractivity contribution is 5.72. The van der Waals surface area contributed by atoms with Gasteiger partial charge in [-0.3, -0.25) is 9.59 Å². The lowest BCUT2D eigenvalue weighted by molar-refractivity contribution is -0.137. The summed E-state index contributed by atoms with van der Waals surface area (Å²) >= 11 is 0. The van der Waals surface area contributed by atoms with Crippen LogP contribution in [0.2, 0.25) is 0 Å². The molecule has 4 heteroatoms. The van der Waals surface area contributed by atoms with Crippen LogP contribution in [0.5, 0.6) is 5.75 Å². The lowest BCUT2D eigenvalue weighted by Crippen LogP contribution is -2.07. The Kier molecular flexibility index (Phi) is 54.9. The molecule has 0 aliphatic heterocycles. The molecule has 1 aromatic rings. The van der Waals surface area contributed by atoms with Gasteiger partial charge in [0.15, 0.2) is 0 Å². The van der Waals surface area contributed by atoms with Gasteiger partial charge in [0.05, 0.1) is 0 Å². The van der Waals surface area contributed by atoms with Crippen LogP contribution < -0.4 is 4.74 Å². The molecule has 1 aromatic carbocycles. The number of esters is 1. The normalized spacial score (nSPS) is 11.5. The molecule has 0 saturated carbocycles. The molecular weight excluding hydrogens is 857 g/mol. The molecule has 0 aliphatic carbocycles. The number of carboxylic acids is 1. The Morgan fingerprint density at radius 3 is 0.571 bits per heavy atom. The van der Waals surface area contributed by atoms with Crippen molar-refractivity contribution in [3.63, 3.8) is 0 Å². The van der Waals surface area contributed by atoms with Gasteiger partial charge < -0.3 is 9.84 Å². The maximum absolute atomic E-state index is 11.9. The molecule has 1 N–H and O–H groups in total. The van der Waals surface area contributed by atoms with Gasteiger partial charge in [0.2, 0.25) is 0 Å². The molecule has 0 amide bonds. The first-order chi connectivity index (χ1) is 34.7. The average Bonchev–Trinajstić information content (AvgIpc) is 3.36. The van der Waals surface area contributed by atoms with Gasteiger partial charge in [-0.25, -0.2) is 0 Å². The Balaban J connectivity index is 1.60. The van der Waals surface area contributed by atoms with E-state index in [4.69, 9.17) is 9.84 Å². The third kappa shape index (κ3) is 55.5. The summed E-state index contributed by atoms with van der Waals surface area (Å²) in [5.41, 5.74) is 0. The van der Waals surface area contributed by atoms with Crippen LogP contribution in [0.1, 0.15) is 372 Å². The number of aliphatic carboxylic acids is 1. The number of unbranched alkanes of at least 4 members (excludes halogenated alkanes) is 55. The second-order valence-corrected chi connectivity index (χ2v) is 22.5. The van der Waals surface area contributed by atoms with E-state index in [0.717, 1.165) is 25.7 Å². The summed E-state index contributed by atoms with van der Waals surface area (Å²) < 4.78 is 5.36. The van der Waals surface area contributed by atoms with E-state index >= 15 is 0 Å². The zero-order chi connectivity index (χ0) is 50.0. The van der Waals surface area contributed by atoms with E-state index in [1.165, 1.54) is 334 Å². The number of ether oxygens (including phenoxy) is 1. The minimum atomic E-state index is -0.648. The molecule has 0 heterocycles. The van der Waals surface area contributed by atoms with Gasteiger partial charge >= 0.3 is 11.9 Å². The van der Waals surface area contributed by atoms with E-state index in [0.29, 0.717) is 18.6 Å². The molecule has 0 aliphatic rings. The number of carbonyl (C=O) groups excluding carboxylic acids is 1. The Labute approximate surface area is 438 Å². The highest BCUT2D eigenvalue weighted by Crippen LogP contribution is 2.20. The average molecular weight is 980 g/mol. The zero-order valence-electron chi connectivity index (χ0n) is 47.1. The maximum atomic E-state index is 11.9. The molecule has 4 nitrogen and oxygen atoms in total. The number of benzene rings is 1. The lowest BCUT2D eigenvalue weighted by atomic mass is 10.0. The van der Waals surface area contributed by atoms with Crippen molar-refractivity contribution in [2.24, 2.45) is 0 Å². The Bertz CT molecular complexity index is 1150. The smallest absolute Gasteiger partial charge is 0.311 e. The third-order valence-electron chi connectivity index (χ3n) is 15.5. The monoisotopic (exact) mass is 979 g/mol. The first-order valence-electron chi connectivity index (χ1n) is 32.2. The van der Waals surface area contributed by atoms with E-state index in [1.54, 1.807) is 0 Å². The second kappa shape index (κ2) is 58.1. The summed E-state index contributed by atoms with van der Waals surface area (Å²) in [7, 11) is 0. The maximum Gasteiger partial charge on any atom is 0.311 e. The Morgan fingerprint density at radius 2 is 0.400 bits per heavy atom. The van der Waals surface area contributed by atoms with Crippen LogP contribution in [0.3, 0.4) is 0 Å². The zero-order valence-corrected chi connectivity index (χ0v) is 47.1. The summed E-state index contributed by atoms with van der Waals surface area (Å²) in [6.45, 7) is 0. The predicted octanol–water partition coefficient (Wildman–Crippen LogP) is 23.3. The van der Waals surface area contributed by atoms with Crippen LogP contribution in [0.25, 0.3) is 0 Å². The third-order valence-corrected chi connectivity index (χ3v) is 15.5. The van der Waals surface area contributed by atoms with E-state index in [9.17, 15) is 9.59 Å². The van der Waals surface area contributed by atoms with E-state index in [-0.39, 0.29) is 5.97 Å². The number of hydrogen-bond donors (Lipinski definition) is 1. The minimum Gasteiger partial charge on any atom is -0.481 e. The van der Waals surface area contributed by atoms with Gasteiger partial charge in [-0.2, -0.15) is 0 Å². The van der Waals surface area contributed by atoms with Gasteiger partial charge in [-0.1, -0.05) is 365 Å². The molecule has 410 valence electrons. The van der Waals surface area contributed by atoms with E-state index < -0.39 is 5.97 Å². The first kappa shape index (κ1) is 66.2. The van der Waals surface area contributed by atoms with Crippen LogP contribution in [-0.2, 0) is 9.59 Å². The largest absolute Gasteiger partial charge is 0.481 e. The standard InChI is InChI=1S/C66H122O4/c67-65(68)62-58-53-51-49-47-45-43-41-39-37-35-33-31-29-27-25-23-21-19-17-15-13-11-9-7-5-3-1-2-4-6-8-10-12-14-16-18-20-22-24-26-28-30-32-34-36-38-40-42-44-46-48-50-52-54-59-63-66(69)70-64-60-56-55-57-61-64/h55-57,60-61H,1-54,58-59,62-63H2,(H,67,68). The number of para-hydroxylation sites is 1. The van der Waals surface area contributed by atoms with Crippen LogP contribution >= 0.6 is 0 Å².